The Morgan fingerprint density at radius 3 is 1.37 bits per heavy atom. The Morgan fingerprint density at radius 2 is 1.00 bits per heavy atom. The quantitative estimate of drug-likeness (QED) is 0.302. The molecule has 4 rings (SSSR count). The second-order valence-electron chi connectivity index (χ2n) is 7.32. The number of rotatable bonds is 6. The van der Waals surface area contributed by atoms with E-state index in [1.54, 1.807) is 36.7 Å². The van der Waals surface area contributed by atoms with Gasteiger partial charge in [-0.25, -0.2) is 20.0 Å². The van der Waals surface area contributed by atoms with Crippen LogP contribution in [0.2, 0.25) is 0 Å². The first-order valence-corrected chi connectivity index (χ1v) is 11.1. The van der Waals surface area contributed by atoms with Crippen molar-refractivity contribution in [1.29, 1.82) is 0 Å². The molecule has 0 aliphatic heterocycles. The largest absolute Gasteiger partial charge is 0.507 e. The van der Waals surface area contributed by atoms with Gasteiger partial charge in [0, 0.05) is 51.7 Å². The van der Waals surface area contributed by atoms with Crippen molar-refractivity contribution in [2.45, 2.75) is 26.7 Å². The summed E-state index contributed by atoms with van der Waals surface area (Å²) in [7, 11) is 0. The molecule has 2 aromatic carbocycles. The van der Waals surface area contributed by atoms with E-state index in [0.29, 0.717) is 22.8 Å². The van der Waals surface area contributed by atoms with Gasteiger partial charge >= 0.3 is 0 Å². The summed E-state index contributed by atoms with van der Waals surface area (Å²) in [6.45, 7) is 4.11. The molecule has 2 aromatic heterocycles. The maximum Gasteiger partial charge on any atom is 0.152 e. The van der Waals surface area contributed by atoms with Crippen LogP contribution in [0.5, 0.6) is 11.5 Å². The van der Waals surface area contributed by atoms with Gasteiger partial charge in [-0.3, -0.25) is 0 Å². The molecule has 181 valence electrons. The fraction of sp³-hybridized carbons (Fsp3) is 0.143. The molecule has 0 saturated carbocycles. The smallest absolute Gasteiger partial charge is 0.152 e. The van der Waals surface area contributed by atoms with Crippen molar-refractivity contribution in [3.05, 3.63) is 107 Å². The Labute approximate surface area is 216 Å². The molecule has 0 bridgehead atoms. The summed E-state index contributed by atoms with van der Waals surface area (Å²) in [6.07, 6.45) is 5.02. The van der Waals surface area contributed by atoms with Gasteiger partial charge in [-0.1, -0.05) is 50.2 Å². The zero-order chi connectivity index (χ0) is 24.2. The SMILES string of the molecule is CCc1cccc(N=Cc2ccccc2O)n1.CCc1cccc(N=Cc2ccccc2O)n1.[Co]. The summed E-state index contributed by atoms with van der Waals surface area (Å²) in [5.74, 6) is 1.77. The van der Waals surface area contributed by atoms with Crippen molar-refractivity contribution in [1.82, 2.24) is 9.97 Å². The molecule has 0 aliphatic carbocycles. The molecule has 0 amide bonds. The third-order valence-electron chi connectivity index (χ3n) is 4.85. The molecule has 0 atom stereocenters. The normalized spacial score (nSPS) is 10.6. The number of aryl methyl sites for hydroxylation is 2. The van der Waals surface area contributed by atoms with E-state index < -0.39 is 0 Å². The molecule has 4 aromatic rings. The third kappa shape index (κ3) is 8.81. The number of hydrogen-bond acceptors (Lipinski definition) is 6. The maximum absolute atomic E-state index is 9.58. The Balaban J connectivity index is 0.000000240. The average Bonchev–Trinajstić information content (AvgIpc) is 2.88. The molecule has 1 radical (unpaired) electrons. The summed E-state index contributed by atoms with van der Waals surface area (Å²) < 4.78 is 0. The molecule has 0 saturated heterocycles. The van der Waals surface area contributed by atoms with E-state index in [-0.39, 0.29) is 28.3 Å². The number of benzene rings is 2. The van der Waals surface area contributed by atoms with E-state index in [1.807, 2.05) is 60.7 Å². The van der Waals surface area contributed by atoms with Crippen LogP contribution in [0.3, 0.4) is 0 Å². The van der Waals surface area contributed by atoms with Gasteiger partial charge in [-0.05, 0) is 61.4 Å². The number of aliphatic imine (C=N–C) groups is 2. The summed E-state index contributed by atoms with van der Waals surface area (Å²) in [4.78, 5) is 17.2. The van der Waals surface area contributed by atoms with Crippen molar-refractivity contribution < 1.29 is 27.0 Å². The van der Waals surface area contributed by atoms with Crippen LogP contribution in [-0.4, -0.2) is 32.6 Å². The van der Waals surface area contributed by atoms with E-state index >= 15 is 0 Å². The number of pyridine rings is 2. The minimum absolute atomic E-state index is 0. The van der Waals surface area contributed by atoms with Gasteiger partial charge < -0.3 is 10.2 Å². The Bertz CT molecular complexity index is 1180. The minimum atomic E-state index is 0. The first kappa shape index (κ1) is 27.4. The van der Waals surface area contributed by atoms with Gasteiger partial charge in [0.2, 0.25) is 0 Å². The van der Waals surface area contributed by atoms with E-state index in [1.165, 1.54) is 0 Å². The standard InChI is InChI=1S/2C14H14N2O.Co/c2*1-2-12-7-5-9-14(16-12)15-10-11-6-3-4-8-13(11)17;/h2*3-10,17H,2H2,1H3;. The molecule has 0 unspecified atom stereocenters. The first-order valence-electron chi connectivity index (χ1n) is 11.1. The van der Waals surface area contributed by atoms with Crippen LogP contribution in [-0.2, 0) is 29.6 Å². The molecular weight excluding hydrogens is 483 g/mol. The average molecular weight is 511 g/mol. The van der Waals surface area contributed by atoms with E-state index in [4.69, 9.17) is 0 Å². The topological polar surface area (TPSA) is 91.0 Å². The predicted octanol–water partition coefficient (Wildman–Crippen LogP) is 6.20. The second-order valence-corrected chi connectivity index (χ2v) is 7.32. The van der Waals surface area contributed by atoms with E-state index in [0.717, 1.165) is 24.2 Å². The summed E-state index contributed by atoms with van der Waals surface area (Å²) >= 11 is 0. The zero-order valence-electron chi connectivity index (χ0n) is 19.7. The maximum atomic E-state index is 9.58. The fourth-order valence-electron chi connectivity index (χ4n) is 2.94. The van der Waals surface area contributed by atoms with Gasteiger partial charge in [-0.15, -0.1) is 0 Å². The van der Waals surface area contributed by atoms with Crippen LogP contribution in [0.1, 0.15) is 36.4 Å². The Hall–Kier alpha value is -3.81. The third-order valence-corrected chi connectivity index (χ3v) is 4.85. The number of para-hydroxylation sites is 2. The number of phenolic OH excluding ortho intramolecular Hbond substituents is 2. The molecule has 2 N–H and O–H groups in total. The van der Waals surface area contributed by atoms with Crippen LogP contribution < -0.4 is 0 Å². The molecule has 35 heavy (non-hydrogen) atoms. The second kappa shape index (κ2) is 14.4. The van der Waals surface area contributed by atoms with Crippen molar-refractivity contribution >= 4 is 24.1 Å². The van der Waals surface area contributed by atoms with E-state index in [2.05, 4.69) is 33.8 Å². The molecule has 0 spiro atoms. The minimum Gasteiger partial charge on any atom is -0.507 e. The predicted molar refractivity (Wildman–Crippen MR) is 138 cm³/mol. The number of aromatic nitrogens is 2. The van der Waals surface area contributed by atoms with Crippen molar-refractivity contribution in [3.8, 4) is 11.5 Å². The molecule has 7 heteroatoms. The molecule has 2 heterocycles. The first-order chi connectivity index (χ1) is 16.6. The van der Waals surface area contributed by atoms with Crippen molar-refractivity contribution in [2.75, 3.05) is 0 Å². The molecule has 0 aliphatic rings. The van der Waals surface area contributed by atoms with Crippen molar-refractivity contribution in [2.24, 2.45) is 9.98 Å². The van der Waals surface area contributed by atoms with Gasteiger partial charge in [0.1, 0.15) is 11.5 Å². The van der Waals surface area contributed by atoms with Crippen LogP contribution in [0.25, 0.3) is 0 Å². The number of hydrogen-bond donors (Lipinski definition) is 2. The van der Waals surface area contributed by atoms with Gasteiger partial charge in [0.15, 0.2) is 11.6 Å². The monoisotopic (exact) mass is 511 g/mol. The molecular formula is C28H28CoN4O2. The van der Waals surface area contributed by atoms with Crippen LogP contribution >= 0.6 is 0 Å². The van der Waals surface area contributed by atoms with Gasteiger partial charge in [0.25, 0.3) is 0 Å². The van der Waals surface area contributed by atoms with Crippen LogP contribution in [0.4, 0.5) is 11.6 Å². The fourth-order valence-corrected chi connectivity index (χ4v) is 2.94. The number of phenols is 2. The summed E-state index contributed by atoms with van der Waals surface area (Å²) in [5.41, 5.74) is 3.40. The number of aromatic hydroxyl groups is 2. The van der Waals surface area contributed by atoms with Gasteiger partial charge in [-0.2, -0.15) is 0 Å². The Kier molecular flexibility index (Phi) is 11.3. The van der Waals surface area contributed by atoms with Crippen LogP contribution in [0, 0.1) is 0 Å². The van der Waals surface area contributed by atoms with E-state index in [9.17, 15) is 10.2 Å². The molecule has 0 fully saturated rings. The summed E-state index contributed by atoms with van der Waals surface area (Å²) in [5, 5.41) is 19.2. The van der Waals surface area contributed by atoms with Crippen molar-refractivity contribution in [3.63, 3.8) is 0 Å². The number of nitrogens with zero attached hydrogens (tertiary/aromatic N) is 4. The molecule has 6 nitrogen and oxygen atoms in total. The summed E-state index contributed by atoms with van der Waals surface area (Å²) in [6, 6.07) is 25.7. The van der Waals surface area contributed by atoms with Crippen LogP contribution in [0.15, 0.2) is 94.9 Å². The van der Waals surface area contributed by atoms with Gasteiger partial charge in [0.05, 0.1) is 0 Å². The zero-order valence-corrected chi connectivity index (χ0v) is 20.7. The Morgan fingerprint density at radius 1 is 0.600 bits per heavy atom.